The van der Waals surface area contributed by atoms with E-state index in [-0.39, 0.29) is 12.3 Å². The van der Waals surface area contributed by atoms with Gasteiger partial charge in [0.1, 0.15) is 5.69 Å². The number of anilines is 1. The molecule has 0 radical (unpaired) electrons. The molecule has 106 valence electrons. The summed E-state index contributed by atoms with van der Waals surface area (Å²) in [6, 6.07) is 9.67. The van der Waals surface area contributed by atoms with Crippen LogP contribution in [0.15, 0.2) is 42.6 Å². The van der Waals surface area contributed by atoms with E-state index in [9.17, 15) is 13.6 Å². The molecule has 0 aliphatic heterocycles. The Bertz CT molecular complexity index is 579. The molecule has 1 heterocycles. The van der Waals surface area contributed by atoms with Crippen molar-refractivity contribution in [1.82, 2.24) is 4.57 Å². The molecule has 6 heteroatoms. The Morgan fingerprint density at radius 3 is 2.55 bits per heavy atom. The normalized spacial score (nSPS) is 10.8. The first-order valence-electron chi connectivity index (χ1n) is 6.04. The van der Waals surface area contributed by atoms with Crippen LogP contribution in [0.5, 0.6) is 0 Å². The third-order valence-electron chi connectivity index (χ3n) is 2.79. The summed E-state index contributed by atoms with van der Waals surface area (Å²) in [5.74, 6) is -0.451. The summed E-state index contributed by atoms with van der Waals surface area (Å²) in [6.45, 7) is -0.593. The monoisotopic (exact) mass is 280 g/mol. The van der Waals surface area contributed by atoms with Crippen molar-refractivity contribution >= 4 is 11.6 Å². The lowest BCUT2D eigenvalue weighted by molar-refractivity contribution is 0.0998. The van der Waals surface area contributed by atoms with Crippen LogP contribution in [0.3, 0.4) is 0 Å². The highest BCUT2D eigenvalue weighted by Gasteiger charge is 2.13. The van der Waals surface area contributed by atoms with Gasteiger partial charge < -0.3 is 15.0 Å². The van der Waals surface area contributed by atoms with E-state index in [1.54, 1.807) is 30.3 Å². The lowest BCUT2D eigenvalue weighted by Gasteiger charge is -2.09. The Morgan fingerprint density at radius 1 is 1.25 bits per heavy atom. The molecule has 1 aromatic heterocycles. The standard InChI is InChI=1S/C14H14F2N2O2/c15-13(16)8-18-7-1-2-12(18)14(20)17-11-5-3-10(9-19)4-6-11/h1-7,13,19H,8-9H2,(H,17,20). The molecule has 2 rings (SSSR count). The minimum atomic E-state index is -2.52. The molecule has 2 N–H and O–H groups in total. The van der Waals surface area contributed by atoms with Crippen molar-refractivity contribution < 1.29 is 18.7 Å². The molecular formula is C14H14F2N2O2. The van der Waals surface area contributed by atoms with Crippen LogP contribution in [0.4, 0.5) is 14.5 Å². The highest BCUT2D eigenvalue weighted by atomic mass is 19.3. The van der Waals surface area contributed by atoms with Crippen molar-refractivity contribution in [1.29, 1.82) is 0 Å². The van der Waals surface area contributed by atoms with Crippen molar-refractivity contribution in [2.24, 2.45) is 0 Å². The zero-order chi connectivity index (χ0) is 14.5. The highest BCUT2D eigenvalue weighted by molar-refractivity contribution is 6.03. The Kier molecular flexibility index (Phi) is 4.47. The number of alkyl halides is 2. The summed E-state index contributed by atoms with van der Waals surface area (Å²) in [4.78, 5) is 12.0. The van der Waals surface area contributed by atoms with Crippen LogP contribution in [0.25, 0.3) is 0 Å². The molecule has 0 saturated carbocycles. The van der Waals surface area contributed by atoms with Gasteiger partial charge in [-0.25, -0.2) is 8.78 Å². The number of hydrogen-bond acceptors (Lipinski definition) is 2. The van der Waals surface area contributed by atoms with E-state index in [1.165, 1.54) is 16.8 Å². The van der Waals surface area contributed by atoms with E-state index in [4.69, 9.17) is 5.11 Å². The molecule has 2 aromatic rings. The maximum atomic E-state index is 12.4. The molecular weight excluding hydrogens is 266 g/mol. The fourth-order valence-electron chi connectivity index (χ4n) is 1.82. The van der Waals surface area contributed by atoms with Gasteiger partial charge in [0.15, 0.2) is 0 Å². The van der Waals surface area contributed by atoms with Gasteiger partial charge in [-0.05, 0) is 29.8 Å². The average molecular weight is 280 g/mol. The Labute approximate surface area is 114 Å². The highest BCUT2D eigenvalue weighted by Crippen LogP contribution is 2.13. The summed E-state index contributed by atoms with van der Waals surface area (Å²) < 4.78 is 26.0. The Balaban J connectivity index is 2.09. The van der Waals surface area contributed by atoms with E-state index in [1.807, 2.05) is 0 Å². The number of nitrogens with one attached hydrogen (secondary N) is 1. The van der Waals surface area contributed by atoms with Crippen LogP contribution in [0.2, 0.25) is 0 Å². The Hall–Kier alpha value is -2.21. The van der Waals surface area contributed by atoms with E-state index in [0.717, 1.165) is 5.56 Å². The molecule has 1 amide bonds. The summed E-state index contributed by atoms with van der Waals surface area (Å²) in [5.41, 5.74) is 1.44. The SMILES string of the molecule is O=C(Nc1ccc(CO)cc1)c1cccn1CC(F)F. The number of nitrogens with zero attached hydrogens (tertiary/aromatic N) is 1. The summed E-state index contributed by atoms with van der Waals surface area (Å²) in [6.07, 6.45) is -1.08. The van der Waals surface area contributed by atoms with Crippen molar-refractivity contribution in [3.63, 3.8) is 0 Å². The number of amides is 1. The first kappa shape index (κ1) is 14.2. The Morgan fingerprint density at radius 2 is 1.95 bits per heavy atom. The van der Waals surface area contributed by atoms with Crippen LogP contribution in [-0.4, -0.2) is 22.0 Å². The minimum Gasteiger partial charge on any atom is -0.392 e. The fourth-order valence-corrected chi connectivity index (χ4v) is 1.82. The second-order valence-corrected chi connectivity index (χ2v) is 4.25. The first-order chi connectivity index (χ1) is 9.60. The van der Waals surface area contributed by atoms with E-state index >= 15 is 0 Å². The molecule has 0 unspecified atom stereocenters. The lowest BCUT2D eigenvalue weighted by Crippen LogP contribution is -2.18. The van der Waals surface area contributed by atoms with Crippen LogP contribution in [0.1, 0.15) is 16.1 Å². The molecule has 0 aliphatic rings. The van der Waals surface area contributed by atoms with Gasteiger partial charge in [-0.2, -0.15) is 0 Å². The van der Waals surface area contributed by atoms with Crippen molar-refractivity contribution in [2.75, 3.05) is 5.32 Å². The summed E-state index contributed by atoms with van der Waals surface area (Å²) in [7, 11) is 0. The quantitative estimate of drug-likeness (QED) is 0.884. The third-order valence-corrected chi connectivity index (χ3v) is 2.79. The molecule has 4 nitrogen and oxygen atoms in total. The molecule has 1 aromatic carbocycles. The predicted molar refractivity (Wildman–Crippen MR) is 70.8 cm³/mol. The largest absolute Gasteiger partial charge is 0.392 e. The van der Waals surface area contributed by atoms with Crippen LogP contribution in [-0.2, 0) is 13.2 Å². The van der Waals surface area contributed by atoms with Gasteiger partial charge in [0.2, 0.25) is 0 Å². The molecule has 20 heavy (non-hydrogen) atoms. The number of carbonyl (C=O) groups is 1. The predicted octanol–water partition coefficient (Wildman–Crippen LogP) is 2.50. The minimum absolute atomic E-state index is 0.0779. The summed E-state index contributed by atoms with van der Waals surface area (Å²) >= 11 is 0. The number of aromatic nitrogens is 1. The number of aliphatic hydroxyl groups excluding tert-OH is 1. The maximum absolute atomic E-state index is 12.4. The number of aliphatic hydroxyl groups is 1. The number of rotatable bonds is 5. The number of halogens is 2. The summed E-state index contributed by atoms with van der Waals surface area (Å²) in [5, 5.41) is 11.5. The molecule has 0 aliphatic carbocycles. The topological polar surface area (TPSA) is 54.3 Å². The van der Waals surface area contributed by atoms with Gasteiger partial charge in [0.05, 0.1) is 13.2 Å². The second-order valence-electron chi connectivity index (χ2n) is 4.25. The molecule has 0 spiro atoms. The van der Waals surface area contributed by atoms with E-state index < -0.39 is 18.9 Å². The zero-order valence-electron chi connectivity index (χ0n) is 10.6. The van der Waals surface area contributed by atoms with Gasteiger partial charge >= 0.3 is 0 Å². The van der Waals surface area contributed by atoms with Crippen LogP contribution >= 0.6 is 0 Å². The number of carbonyl (C=O) groups excluding carboxylic acids is 1. The van der Waals surface area contributed by atoms with Gasteiger partial charge in [-0.1, -0.05) is 12.1 Å². The van der Waals surface area contributed by atoms with Gasteiger partial charge in [0.25, 0.3) is 12.3 Å². The second kappa shape index (κ2) is 6.29. The smallest absolute Gasteiger partial charge is 0.272 e. The average Bonchev–Trinajstić information content (AvgIpc) is 2.87. The zero-order valence-corrected chi connectivity index (χ0v) is 10.6. The van der Waals surface area contributed by atoms with Gasteiger partial charge in [-0.3, -0.25) is 4.79 Å². The van der Waals surface area contributed by atoms with Crippen molar-refractivity contribution in [2.45, 2.75) is 19.6 Å². The number of hydrogen-bond donors (Lipinski definition) is 2. The molecule has 0 saturated heterocycles. The third kappa shape index (κ3) is 3.42. The first-order valence-corrected chi connectivity index (χ1v) is 6.04. The fraction of sp³-hybridized carbons (Fsp3) is 0.214. The maximum Gasteiger partial charge on any atom is 0.272 e. The van der Waals surface area contributed by atoms with Crippen molar-refractivity contribution in [3.05, 3.63) is 53.9 Å². The molecule has 0 bridgehead atoms. The van der Waals surface area contributed by atoms with E-state index in [2.05, 4.69) is 5.32 Å². The van der Waals surface area contributed by atoms with Crippen molar-refractivity contribution in [3.8, 4) is 0 Å². The lowest BCUT2D eigenvalue weighted by atomic mass is 10.2. The number of benzene rings is 1. The van der Waals surface area contributed by atoms with Gasteiger partial charge in [-0.15, -0.1) is 0 Å². The van der Waals surface area contributed by atoms with Crippen LogP contribution in [0, 0.1) is 0 Å². The van der Waals surface area contributed by atoms with Gasteiger partial charge in [0, 0.05) is 11.9 Å². The van der Waals surface area contributed by atoms with E-state index in [0.29, 0.717) is 5.69 Å². The molecule has 0 fully saturated rings. The van der Waals surface area contributed by atoms with Crippen LogP contribution < -0.4 is 5.32 Å². The molecule has 0 atom stereocenters.